The summed E-state index contributed by atoms with van der Waals surface area (Å²) in [5.74, 6) is 19.4. The first-order valence-corrected chi connectivity index (χ1v) is 13.1. The van der Waals surface area contributed by atoms with Gasteiger partial charge in [-0.15, -0.1) is 0 Å². The Balaban J connectivity index is 1.11. The molecular formula is C27H38. The molecule has 9 aliphatic carbocycles. The van der Waals surface area contributed by atoms with Crippen LogP contribution in [0.3, 0.4) is 0 Å². The smallest absolute Gasteiger partial charge is 0.0318 e. The van der Waals surface area contributed by atoms with E-state index < -0.39 is 0 Å². The lowest BCUT2D eigenvalue weighted by molar-refractivity contribution is -0.0467. The van der Waals surface area contributed by atoms with E-state index >= 15 is 0 Å². The lowest BCUT2D eigenvalue weighted by Crippen LogP contribution is -2.48. The summed E-state index contributed by atoms with van der Waals surface area (Å²) in [5.41, 5.74) is 0.676. The summed E-state index contributed by atoms with van der Waals surface area (Å²) in [5, 5.41) is 0. The van der Waals surface area contributed by atoms with Crippen molar-refractivity contribution in [2.24, 2.45) is 100 Å². The van der Waals surface area contributed by atoms with Gasteiger partial charge in [-0.1, -0.05) is 13.8 Å². The Morgan fingerprint density at radius 2 is 0.852 bits per heavy atom. The molecule has 0 aliphatic heterocycles. The van der Waals surface area contributed by atoms with Gasteiger partial charge in [-0.2, -0.15) is 0 Å². The molecule has 146 valence electrons. The summed E-state index contributed by atoms with van der Waals surface area (Å²) in [6.45, 7) is 5.20. The molecule has 9 rings (SSSR count). The van der Waals surface area contributed by atoms with Crippen molar-refractivity contribution in [3.63, 3.8) is 0 Å². The van der Waals surface area contributed by atoms with Crippen molar-refractivity contribution >= 4 is 0 Å². The van der Waals surface area contributed by atoms with Gasteiger partial charge in [0.15, 0.2) is 0 Å². The van der Waals surface area contributed by atoms with Crippen LogP contribution in [0.1, 0.15) is 65.2 Å². The third kappa shape index (κ3) is 1.41. The maximum Gasteiger partial charge on any atom is -0.0318 e. The molecule has 0 N–H and O–H groups in total. The Kier molecular flexibility index (Phi) is 2.33. The van der Waals surface area contributed by atoms with Crippen LogP contribution < -0.4 is 0 Å². The van der Waals surface area contributed by atoms with Crippen LogP contribution in [-0.2, 0) is 0 Å². The molecule has 0 aromatic rings. The molecule has 9 saturated carbocycles. The van der Waals surface area contributed by atoms with Gasteiger partial charge in [-0.3, -0.25) is 0 Å². The Morgan fingerprint density at radius 3 is 1.37 bits per heavy atom. The SMILES string of the molecule is CC1(C)CC2C(C1)C1CC2C2C3CC(C12)C1C2CC(C4C5CCC(C5)C24)C31. The second-order valence-electron chi connectivity index (χ2n) is 14.4. The van der Waals surface area contributed by atoms with E-state index in [2.05, 4.69) is 13.8 Å². The van der Waals surface area contributed by atoms with Crippen molar-refractivity contribution in [1.29, 1.82) is 0 Å². The molecule has 0 radical (unpaired) electrons. The third-order valence-electron chi connectivity index (χ3n) is 13.7. The molecule has 0 nitrogen and oxygen atoms in total. The summed E-state index contributed by atoms with van der Waals surface area (Å²) in [6.07, 6.45) is 13.3. The van der Waals surface area contributed by atoms with Gasteiger partial charge in [0, 0.05) is 0 Å². The van der Waals surface area contributed by atoms with Gasteiger partial charge in [0.05, 0.1) is 0 Å². The van der Waals surface area contributed by atoms with Gasteiger partial charge in [0.2, 0.25) is 0 Å². The van der Waals surface area contributed by atoms with Gasteiger partial charge < -0.3 is 0 Å². The minimum absolute atomic E-state index is 0.676. The topological polar surface area (TPSA) is 0 Å². The molecule has 8 bridgehead atoms. The van der Waals surface area contributed by atoms with E-state index in [1.54, 1.807) is 51.4 Å². The van der Waals surface area contributed by atoms with E-state index in [9.17, 15) is 0 Å². The zero-order valence-electron chi connectivity index (χ0n) is 17.4. The van der Waals surface area contributed by atoms with E-state index in [-0.39, 0.29) is 0 Å². The Bertz CT molecular complexity index is 678. The first-order chi connectivity index (χ1) is 13.1. The van der Waals surface area contributed by atoms with Crippen LogP contribution in [-0.4, -0.2) is 0 Å². The number of hydrogen-bond donors (Lipinski definition) is 0. The summed E-state index contributed by atoms with van der Waals surface area (Å²) in [7, 11) is 0. The number of fused-ring (bicyclic) bond motifs is 26. The van der Waals surface area contributed by atoms with E-state index in [0.29, 0.717) is 5.41 Å². The van der Waals surface area contributed by atoms with Crippen molar-refractivity contribution in [2.45, 2.75) is 65.2 Å². The zero-order valence-corrected chi connectivity index (χ0v) is 17.4. The van der Waals surface area contributed by atoms with Gasteiger partial charge >= 0.3 is 0 Å². The highest BCUT2D eigenvalue weighted by molar-refractivity contribution is 5.25. The van der Waals surface area contributed by atoms with Gasteiger partial charge in [-0.25, -0.2) is 0 Å². The fourth-order valence-electron chi connectivity index (χ4n) is 14.3. The largest absolute Gasteiger partial charge is 0.0599 e. The molecule has 0 saturated heterocycles. The Hall–Kier alpha value is 0. The molecule has 27 heavy (non-hydrogen) atoms. The van der Waals surface area contributed by atoms with E-state index in [1.165, 1.54) is 82.9 Å². The number of rotatable bonds is 0. The molecule has 0 aromatic heterocycles. The summed E-state index contributed by atoms with van der Waals surface area (Å²) in [6, 6.07) is 0. The normalized spacial score (nSPS) is 74.9. The second kappa shape index (κ2) is 4.23. The Labute approximate surface area is 165 Å². The minimum atomic E-state index is 0.676. The van der Waals surface area contributed by atoms with Crippen LogP contribution in [0.15, 0.2) is 0 Å². The lowest BCUT2D eigenvalue weighted by atomic mass is 9.53. The average Bonchev–Trinajstić information content (AvgIpc) is 3.43. The predicted molar refractivity (Wildman–Crippen MR) is 107 cm³/mol. The molecule has 0 heteroatoms. The molecule has 0 amide bonds. The average molecular weight is 363 g/mol. The van der Waals surface area contributed by atoms with Crippen molar-refractivity contribution in [3.05, 3.63) is 0 Å². The molecule has 16 atom stereocenters. The molecular weight excluding hydrogens is 324 g/mol. The highest BCUT2D eigenvalue weighted by Crippen LogP contribution is 2.83. The standard InChI is InChI=1S/C27H38/c1-27(2)9-19-13-6-14(20(19)10-27)24-18-8-17(23(13)24)25-15-7-16(26(18)25)22-12-4-3-11(5-12)21(15)22/h11-26H,3-10H2,1-2H3. The predicted octanol–water partition coefficient (Wildman–Crippen LogP) is 6.12. The van der Waals surface area contributed by atoms with Crippen molar-refractivity contribution in [2.75, 3.05) is 0 Å². The molecule has 9 fully saturated rings. The Morgan fingerprint density at radius 1 is 0.444 bits per heavy atom. The fraction of sp³-hybridized carbons (Fsp3) is 1.00. The van der Waals surface area contributed by atoms with Crippen LogP contribution in [0.2, 0.25) is 0 Å². The third-order valence-corrected chi connectivity index (χ3v) is 13.7. The summed E-state index contributed by atoms with van der Waals surface area (Å²) >= 11 is 0. The second-order valence-corrected chi connectivity index (χ2v) is 14.4. The molecule has 9 aliphatic rings. The maximum atomic E-state index is 2.60. The lowest BCUT2D eigenvalue weighted by Gasteiger charge is -2.52. The maximum absolute atomic E-state index is 2.60. The van der Waals surface area contributed by atoms with Crippen LogP contribution in [0, 0.1) is 100 Å². The van der Waals surface area contributed by atoms with Crippen LogP contribution in [0.4, 0.5) is 0 Å². The van der Waals surface area contributed by atoms with E-state index in [0.717, 1.165) is 11.8 Å². The first kappa shape index (κ1) is 14.9. The summed E-state index contributed by atoms with van der Waals surface area (Å²) < 4.78 is 0. The van der Waals surface area contributed by atoms with E-state index in [1.807, 2.05) is 0 Å². The molecule has 16 unspecified atom stereocenters. The number of hydrogen-bond acceptors (Lipinski definition) is 0. The van der Waals surface area contributed by atoms with Crippen molar-refractivity contribution in [3.8, 4) is 0 Å². The summed E-state index contributed by atoms with van der Waals surface area (Å²) in [4.78, 5) is 0. The minimum Gasteiger partial charge on any atom is -0.0599 e. The van der Waals surface area contributed by atoms with Crippen LogP contribution >= 0.6 is 0 Å². The molecule has 0 heterocycles. The van der Waals surface area contributed by atoms with Gasteiger partial charge in [0.25, 0.3) is 0 Å². The highest BCUT2D eigenvalue weighted by atomic mass is 14.8. The monoisotopic (exact) mass is 362 g/mol. The van der Waals surface area contributed by atoms with E-state index in [4.69, 9.17) is 0 Å². The first-order valence-electron chi connectivity index (χ1n) is 13.1. The highest BCUT2D eigenvalue weighted by Gasteiger charge is 2.77. The molecule has 0 spiro atoms. The fourth-order valence-corrected chi connectivity index (χ4v) is 14.3. The zero-order chi connectivity index (χ0) is 17.4. The van der Waals surface area contributed by atoms with Crippen LogP contribution in [0.5, 0.6) is 0 Å². The van der Waals surface area contributed by atoms with Crippen molar-refractivity contribution in [1.82, 2.24) is 0 Å². The van der Waals surface area contributed by atoms with Crippen molar-refractivity contribution < 1.29 is 0 Å². The van der Waals surface area contributed by atoms with Crippen LogP contribution in [0.25, 0.3) is 0 Å². The van der Waals surface area contributed by atoms with Gasteiger partial charge in [-0.05, 0) is 151 Å². The quantitative estimate of drug-likeness (QED) is 0.456. The molecule has 0 aromatic carbocycles. The van der Waals surface area contributed by atoms with Gasteiger partial charge in [0.1, 0.15) is 0 Å².